The molecular weight excluding hydrogens is 337 g/mol. The van der Waals surface area contributed by atoms with Gasteiger partial charge in [-0.2, -0.15) is 0 Å². The molecular formula is C16H15BrFNO2. The summed E-state index contributed by atoms with van der Waals surface area (Å²) in [6, 6.07) is 11.8. The molecule has 110 valence electrons. The van der Waals surface area contributed by atoms with Crippen LogP contribution in [0.2, 0.25) is 0 Å². The Balaban J connectivity index is 2.02. The van der Waals surface area contributed by atoms with Crippen molar-refractivity contribution in [2.24, 2.45) is 0 Å². The van der Waals surface area contributed by atoms with Crippen LogP contribution in [-0.4, -0.2) is 12.0 Å². The van der Waals surface area contributed by atoms with Crippen LogP contribution in [0.5, 0.6) is 5.75 Å². The molecule has 0 aromatic heterocycles. The molecule has 5 heteroatoms. The van der Waals surface area contributed by atoms with Crippen LogP contribution in [0.4, 0.5) is 10.1 Å². The van der Waals surface area contributed by atoms with E-state index >= 15 is 0 Å². The van der Waals surface area contributed by atoms with E-state index in [9.17, 15) is 9.18 Å². The molecule has 0 aliphatic carbocycles. The molecule has 2 aromatic rings. The molecule has 3 nitrogen and oxygen atoms in total. The first-order valence-electron chi connectivity index (χ1n) is 6.45. The molecule has 0 bridgehead atoms. The maximum atomic E-state index is 13.7. The number of hydrogen-bond donors (Lipinski definition) is 1. The van der Waals surface area contributed by atoms with Crippen molar-refractivity contribution < 1.29 is 13.9 Å². The average Bonchev–Trinajstić information content (AvgIpc) is 2.41. The third-order valence-electron chi connectivity index (χ3n) is 2.86. The van der Waals surface area contributed by atoms with E-state index in [1.165, 1.54) is 12.1 Å². The van der Waals surface area contributed by atoms with Crippen molar-refractivity contribution in [1.29, 1.82) is 0 Å². The Bertz CT molecular complexity index is 660. The Labute approximate surface area is 131 Å². The fourth-order valence-electron chi connectivity index (χ4n) is 1.75. The van der Waals surface area contributed by atoms with Crippen molar-refractivity contribution in [3.63, 3.8) is 0 Å². The van der Waals surface area contributed by atoms with Gasteiger partial charge in [0, 0.05) is 4.47 Å². The second kappa shape index (κ2) is 6.72. The Morgan fingerprint density at radius 1 is 1.29 bits per heavy atom. The molecule has 2 rings (SSSR count). The van der Waals surface area contributed by atoms with Gasteiger partial charge >= 0.3 is 0 Å². The van der Waals surface area contributed by atoms with Gasteiger partial charge in [0.1, 0.15) is 11.6 Å². The van der Waals surface area contributed by atoms with Crippen LogP contribution in [0.1, 0.15) is 12.5 Å². The molecule has 0 aliphatic heterocycles. The zero-order valence-electron chi connectivity index (χ0n) is 11.7. The summed E-state index contributed by atoms with van der Waals surface area (Å²) in [5, 5.41) is 2.52. The highest BCUT2D eigenvalue weighted by Crippen LogP contribution is 2.20. The van der Waals surface area contributed by atoms with Crippen LogP contribution in [-0.2, 0) is 4.79 Å². The monoisotopic (exact) mass is 351 g/mol. The second-order valence-corrected chi connectivity index (χ2v) is 5.61. The average molecular weight is 352 g/mol. The number of benzene rings is 2. The van der Waals surface area contributed by atoms with Crippen LogP contribution < -0.4 is 10.1 Å². The lowest BCUT2D eigenvalue weighted by Crippen LogP contribution is -2.30. The van der Waals surface area contributed by atoms with E-state index in [1.54, 1.807) is 32.0 Å². The molecule has 0 spiro atoms. The van der Waals surface area contributed by atoms with Crippen molar-refractivity contribution in [2.75, 3.05) is 5.32 Å². The number of carbonyl (C=O) groups is 1. The third-order valence-corrected chi connectivity index (χ3v) is 3.35. The van der Waals surface area contributed by atoms with Crippen molar-refractivity contribution >= 4 is 27.5 Å². The lowest BCUT2D eigenvalue weighted by molar-refractivity contribution is -0.122. The fourth-order valence-corrected chi connectivity index (χ4v) is 2.13. The summed E-state index contributed by atoms with van der Waals surface area (Å²) in [5.74, 6) is -0.299. The SMILES string of the molecule is Cc1ccc(NC(=O)C(C)Oc2cccc(Br)c2)c(F)c1. The Morgan fingerprint density at radius 3 is 2.71 bits per heavy atom. The maximum absolute atomic E-state index is 13.7. The fraction of sp³-hybridized carbons (Fsp3) is 0.188. The van der Waals surface area contributed by atoms with Gasteiger partial charge in [-0.3, -0.25) is 4.79 Å². The first-order valence-corrected chi connectivity index (χ1v) is 7.24. The first kappa shape index (κ1) is 15.5. The lowest BCUT2D eigenvalue weighted by atomic mass is 10.2. The second-order valence-electron chi connectivity index (χ2n) is 4.69. The van der Waals surface area contributed by atoms with Crippen LogP contribution >= 0.6 is 15.9 Å². The smallest absolute Gasteiger partial charge is 0.265 e. The predicted octanol–water partition coefficient (Wildman–Crippen LogP) is 4.30. The van der Waals surface area contributed by atoms with Crippen molar-refractivity contribution in [2.45, 2.75) is 20.0 Å². The Kier molecular flexibility index (Phi) is 4.96. The highest BCUT2D eigenvalue weighted by atomic mass is 79.9. The van der Waals surface area contributed by atoms with E-state index in [-0.39, 0.29) is 5.69 Å². The Hall–Kier alpha value is -1.88. The van der Waals surface area contributed by atoms with E-state index in [1.807, 2.05) is 12.1 Å². The van der Waals surface area contributed by atoms with Gasteiger partial charge in [-0.25, -0.2) is 4.39 Å². The maximum Gasteiger partial charge on any atom is 0.265 e. The number of aryl methyl sites for hydroxylation is 1. The number of halogens is 2. The number of amides is 1. The molecule has 2 aromatic carbocycles. The summed E-state index contributed by atoms with van der Waals surface area (Å²) in [7, 11) is 0. The molecule has 0 aliphatic rings. The summed E-state index contributed by atoms with van der Waals surface area (Å²) in [5.41, 5.74) is 0.944. The number of anilines is 1. The van der Waals surface area contributed by atoms with E-state index in [0.717, 1.165) is 10.0 Å². The van der Waals surface area contributed by atoms with Gasteiger partial charge in [-0.05, 0) is 49.7 Å². The van der Waals surface area contributed by atoms with Crippen LogP contribution in [0.15, 0.2) is 46.9 Å². The summed E-state index contributed by atoms with van der Waals surface area (Å²) in [4.78, 5) is 12.0. The minimum Gasteiger partial charge on any atom is -0.481 e. The summed E-state index contributed by atoms with van der Waals surface area (Å²) < 4.78 is 20.1. The number of rotatable bonds is 4. The molecule has 1 N–H and O–H groups in total. The molecule has 21 heavy (non-hydrogen) atoms. The van der Waals surface area contributed by atoms with Crippen molar-refractivity contribution in [3.8, 4) is 5.75 Å². The van der Waals surface area contributed by atoms with E-state index < -0.39 is 17.8 Å². The van der Waals surface area contributed by atoms with E-state index in [2.05, 4.69) is 21.2 Å². The largest absolute Gasteiger partial charge is 0.481 e. The standard InChI is InChI=1S/C16H15BrFNO2/c1-10-6-7-15(14(18)8-10)19-16(20)11(2)21-13-5-3-4-12(17)9-13/h3-9,11H,1-2H3,(H,19,20). The number of nitrogens with one attached hydrogen (secondary N) is 1. The van der Waals surface area contributed by atoms with Gasteiger partial charge in [0.05, 0.1) is 5.69 Å². The Morgan fingerprint density at radius 2 is 2.05 bits per heavy atom. The first-order chi connectivity index (χ1) is 9.95. The third kappa shape index (κ3) is 4.29. The van der Waals surface area contributed by atoms with Crippen molar-refractivity contribution in [3.05, 3.63) is 58.3 Å². The molecule has 0 fully saturated rings. The van der Waals surface area contributed by atoms with Gasteiger partial charge in [0.2, 0.25) is 0 Å². The van der Waals surface area contributed by atoms with Gasteiger partial charge in [0.25, 0.3) is 5.91 Å². The quantitative estimate of drug-likeness (QED) is 0.891. The normalized spacial score (nSPS) is 11.8. The number of ether oxygens (including phenoxy) is 1. The van der Waals surface area contributed by atoms with Gasteiger partial charge < -0.3 is 10.1 Å². The molecule has 0 heterocycles. The minimum atomic E-state index is -0.736. The van der Waals surface area contributed by atoms with Gasteiger partial charge in [-0.1, -0.05) is 28.1 Å². The molecule has 0 saturated carbocycles. The van der Waals surface area contributed by atoms with Crippen LogP contribution in [0, 0.1) is 12.7 Å². The summed E-state index contributed by atoms with van der Waals surface area (Å²) >= 11 is 3.33. The van der Waals surface area contributed by atoms with Crippen molar-refractivity contribution in [1.82, 2.24) is 0 Å². The number of carbonyl (C=O) groups excluding carboxylic acids is 1. The molecule has 1 amide bonds. The van der Waals surface area contributed by atoms with E-state index in [4.69, 9.17) is 4.74 Å². The summed E-state index contributed by atoms with van der Waals surface area (Å²) in [6.07, 6.45) is -0.736. The summed E-state index contributed by atoms with van der Waals surface area (Å²) in [6.45, 7) is 3.40. The zero-order chi connectivity index (χ0) is 15.4. The predicted molar refractivity (Wildman–Crippen MR) is 84.0 cm³/mol. The zero-order valence-corrected chi connectivity index (χ0v) is 13.3. The van der Waals surface area contributed by atoms with Crippen LogP contribution in [0.25, 0.3) is 0 Å². The highest BCUT2D eigenvalue weighted by Gasteiger charge is 2.16. The van der Waals surface area contributed by atoms with E-state index in [0.29, 0.717) is 5.75 Å². The molecule has 0 radical (unpaired) electrons. The topological polar surface area (TPSA) is 38.3 Å². The lowest BCUT2D eigenvalue weighted by Gasteiger charge is -2.15. The minimum absolute atomic E-state index is 0.148. The number of hydrogen-bond acceptors (Lipinski definition) is 2. The van der Waals surface area contributed by atoms with Crippen LogP contribution in [0.3, 0.4) is 0 Å². The van der Waals surface area contributed by atoms with Gasteiger partial charge in [-0.15, -0.1) is 0 Å². The van der Waals surface area contributed by atoms with Gasteiger partial charge in [0.15, 0.2) is 6.10 Å². The molecule has 1 atom stereocenters. The highest BCUT2D eigenvalue weighted by molar-refractivity contribution is 9.10. The molecule has 1 unspecified atom stereocenters. The molecule has 0 saturated heterocycles.